The topological polar surface area (TPSA) is 9.72 Å². The molecule has 0 amide bonds. The molecule has 0 aromatic heterocycles. The van der Waals surface area contributed by atoms with Crippen molar-refractivity contribution in [2.75, 3.05) is 52.4 Å². The van der Waals surface area contributed by atoms with Gasteiger partial charge >= 0.3 is 0 Å². The van der Waals surface area contributed by atoms with Gasteiger partial charge in [0, 0.05) is 32.2 Å². The van der Waals surface area contributed by atoms with Crippen molar-refractivity contribution in [3.05, 3.63) is 0 Å². The summed E-state index contributed by atoms with van der Waals surface area (Å²) in [6, 6.07) is 0.724. The van der Waals surface area contributed by atoms with Crippen molar-refractivity contribution in [2.45, 2.75) is 39.2 Å². The third kappa shape index (κ3) is 4.23. The van der Waals surface area contributed by atoms with Crippen LogP contribution >= 0.6 is 0 Å². The average Bonchev–Trinajstić information content (AvgIpc) is 2.83. The first-order chi connectivity index (χ1) is 8.25. The van der Waals surface area contributed by atoms with Crippen molar-refractivity contribution in [3.63, 3.8) is 0 Å². The molecule has 0 bridgehead atoms. The van der Waals surface area contributed by atoms with E-state index in [2.05, 4.69) is 28.5 Å². The summed E-state index contributed by atoms with van der Waals surface area (Å²) < 4.78 is 0. The summed E-state index contributed by atoms with van der Waals surface area (Å²) in [5.41, 5.74) is 0. The molecule has 0 N–H and O–H groups in total. The lowest BCUT2D eigenvalue weighted by molar-refractivity contribution is 0.105. The second-order valence-corrected chi connectivity index (χ2v) is 5.87. The molecule has 3 heteroatoms. The number of hydrogen-bond acceptors (Lipinski definition) is 3. The first kappa shape index (κ1) is 13.3. The first-order valence-corrected chi connectivity index (χ1v) is 7.44. The highest BCUT2D eigenvalue weighted by Gasteiger charge is 2.18. The summed E-state index contributed by atoms with van der Waals surface area (Å²) in [4.78, 5) is 7.87. The molecule has 0 unspecified atom stereocenters. The van der Waals surface area contributed by atoms with Crippen LogP contribution in [-0.4, -0.2) is 73.1 Å². The number of rotatable bonds is 5. The van der Waals surface area contributed by atoms with Gasteiger partial charge in [-0.2, -0.15) is 0 Å². The lowest BCUT2D eigenvalue weighted by Crippen LogP contribution is -2.49. The molecule has 0 spiro atoms. The maximum Gasteiger partial charge on any atom is 0.0113 e. The zero-order valence-corrected chi connectivity index (χ0v) is 11.7. The van der Waals surface area contributed by atoms with Crippen LogP contribution in [0.2, 0.25) is 0 Å². The Balaban J connectivity index is 1.55. The first-order valence-electron chi connectivity index (χ1n) is 7.44. The van der Waals surface area contributed by atoms with Crippen LogP contribution < -0.4 is 0 Å². The van der Waals surface area contributed by atoms with Crippen LogP contribution in [0.15, 0.2) is 0 Å². The third-order valence-corrected chi connectivity index (χ3v) is 4.28. The molecule has 2 saturated heterocycles. The molecule has 2 fully saturated rings. The predicted molar refractivity (Wildman–Crippen MR) is 73.4 cm³/mol. The van der Waals surface area contributed by atoms with Crippen LogP contribution in [0.3, 0.4) is 0 Å². The Hall–Kier alpha value is -0.120. The van der Waals surface area contributed by atoms with Gasteiger partial charge in [0.15, 0.2) is 0 Å². The van der Waals surface area contributed by atoms with Crippen molar-refractivity contribution < 1.29 is 0 Å². The largest absolute Gasteiger partial charge is 0.303 e. The van der Waals surface area contributed by atoms with Crippen LogP contribution in [0.25, 0.3) is 0 Å². The molecular weight excluding hydrogens is 210 g/mol. The SMILES string of the molecule is CC(C)N1CCN(CCCN2CCCC2)CC1. The summed E-state index contributed by atoms with van der Waals surface area (Å²) >= 11 is 0. The van der Waals surface area contributed by atoms with Gasteiger partial charge in [0.1, 0.15) is 0 Å². The molecular formula is C14H29N3. The zero-order valence-electron chi connectivity index (χ0n) is 11.7. The van der Waals surface area contributed by atoms with Crippen molar-refractivity contribution in [1.29, 1.82) is 0 Å². The molecule has 0 saturated carbocycles. The Bertz CT molecular complexity index is 204. The van der Waals surface area contributed by atoms with Crippen molar-refractivity contribution in [3.8, 4) is 0 Å². The van der Waals surface area contributed by atoms with Gasteiger partial charge in [-0.15, -0.1) is 0 Å². The number of piperazine rings is 1. The Morgan fingerprint density at radius 3 is 1.82 bits per heavy atom. The molecule has 2 aliphatic rings. The second kappa shape index (κ2) is 6.72. The average molecular weight is 239 g/mol. The lowest BCUT2D eigenvalue weighted by atomic mass is 10.2. The highest BCUT2D eigenvalue weighted by molar-refractivity contribution is 4.75. The van der Waals surface area contributed by atoms with E-state index in [0.29, 0.717) is 0 Å². The minimum atomic E-state index is 0.724. The van der Waals surface area contributed by atoms with E-state index in [9.17, 15) is 0 Å². The van der Waals surface area contributed by atoms with Crippen molar-refractivity contribution >= 4 is 0 Å². The van der Waals surface area contributed by atoms with Crippen molar-refractivity contribution in [1.82, 2.24) is 14.7 Å². The number of hydrogen-bond donors (Lipinski definition) is 0. The molecule has 0 aliphatic carbocycles. The van der Waals surface area contributed by atoms with Crippen LogP contribution in [-0.2, 0) is 0 Å². The van der Waals surface area contributed by atoms with E-state index in [4.69, 9.17) is 0 Å². The van der Waals surface area contributed by atoms with E-state index >= 15 is 0 Å². The molecule has 0 aromatic rings. The Morgan fingerprint density at radius 1 is 0.765 bits per heavy atom. The lowest BCUT2D eigenvalue weighted by Gasteiger charge is -2.37. The molecule has 2 aliphatic heterocycles. The molecule has 100 valence electrons. The Morgan fingerprint density at radius 2 is 1.29 bits per heavy atom. The summed E-state index contributed by atoms with van der Waals surface area (Å²) in [5, 5.41) is 0. The van der Waals surface area contributed by atoms with Gasteiger partial charge in [0.25, 0.3) is 0 Å². The van der Waals surface area contributed by atoms with Gasteiger partial charge in [0.05, 0.1) is 0 Å². The normalized spacial score (nSPS) is 24.9. The standard InChI is InChI=1S/C14H29N3/c1-14(2)17-12-10-16(11-13-17)9-5-8-15-6-3-4-7-15/h14H,3-13H2,1-2H3. The molecule has 3 nitrogen and oxygen atoms in total. The highest BCUT2D eigenvalue weighted by Crippen LogP contribution is 2.09. The fourth-order valence-corrected chi connectivity index (χ4v) is 3.03. The number of nitrogens with zero attached hydrogens (tertiary/aromatic N) is 3. The van der Waals surface area contributed by atoms with Gasteiger partial charge in [-0.1, -0.05) is 0 Å². The maximum absolute atomic E-state index is 2.65. The molecule has 0 radical (unpaired) electrons. The van der Waals surface area contributed by atoms with E-state index in [1.807, 2.05) is 0 Å². The van der Waals surface area contributed by atoms with Crippen LogP contribution in [0.4, 0.5) is 0 Å². The molecule has 2 rings (SSSR count). The highest BCUT2D eigenvalue weighted by atomic mass is 15.3. The monoisotopic (exact) mass is 239 g/mol. The molecule has 0 atom stereocenters. The van der Waals surface area contributed by atoms with E-state index in [1.165, 1.54) is 71.6 Å². The Labute approximate surface area is 107 Å². The van der Waals surface area contributed by atoms with Crippen LogP contribution in [0.1, 0.15) is 33.1 Å². The van der Waals surface area contributed by atoms with Gasteiger partial charge in [0.2, 0.25) is 0 Å². The predicted octanol–water partition coefficient (Wildman–Crippen LogP) is 1.50. The van der Waals surface area contributed by atoms with Crippen LogP contribution in [0, 0.1) is 0 Å². The minimum Gasteiger partial charge on any atom is -0.303 e. The smallest absolute Gasteiger partial charge is 0.0113 e. The number of likely N-dealkylation sites (tertiary alicyclic amines) is 1. The van der Waals surface area contributed by atoms with E-state index in [0.717, 1.165) is 6.04 Å². The molecule has 2 heterocycles. The molecule has 0 aromatic carbocycles. The fourth-order valence-electron chi connectivity index (χ4n) is 3.03. The summed E-state index contributed by atoms with van der Waals surface area (Å²) in [7, 11) is 0. The van der Waals surface area contributed by atoms with Gasteiger partial charge in [-0.3, -0.25) is 4.90 Å². The minimum absolute atomic E-state index is 0.724. The van der Waals surface area contributed by atoms with E-state index in [1.54, 1.807) is 0 Å². The zero-order chi connectivity index (χ0) is 12.1. The maximum atomic E-state index is 2.65. The van der Waals surface area contributed by atoms with Gasteiger partial charge in [-0.25, -0.2) is 0 Å². The summed E-state index contributed by atoms with van der Waals surface area (Å²) in [6.45, 7) is 15.0. The third-order valence-electron chi connectivity index (χ3n) is 4.28. The quantitative estimate of drug-likeness (QED) is 0.720. The van der Waals surface area contributed by atoms with E-state index < -0.39 is 0 Å². The fraction of sp³-hybridized carbons (Fsp3) is 1.00. The van der Waals surface area contributed by atoms with Gasteiger partial charge < -0.3 is 9.80 Å². The van der Waals surface area contributed by atoms with Gasteiger partial charge in [-0.05, 0) is 59.3 Å². The Kier molecular flexibility index (Phi) is 5.26. The van der Waals surface area contributed by atoms with Crippen LogP contribution in [0.5, 0.6) is 0 Å². The van der Waals surface area contributed by atoms with E-state index in [-0.39, 0.29) is 0 Å². The molecule has 17 heavy (non-hydrogen) atoms. The van der Waals surface area contributed by atoms with Crippen molar-refractivity contribution in [2.24, 2.45) is 0 Å². The second-order valence-electron chi connectivity index (χ2n) is 5.87. The summed E-state index contributed by atoms with van der Waals surface area (Å²) in [6.07, 6.45) is 4.21. The summed E-state index contributed by atoms with van der Waals surface area (Å²) in [5.74, 6) is 0.